The lowest BCUT2D eigenvalue weighted by Crippen LogP contribution is -2.53. The van der Waals surface area contributed by atoms with E-state index in [1.807, 2.05) is 11.8 Å². The summed E-state index contributed by atoms with van der Waals surface area (Å²) >= 11 is 14.2. The highest BCUT2D eigenvalue weighted by Crippen LogP contribution is 2.32. The van der Waals surface area contributed by atoms with Gasteiger partial charge in [-0.2, -0.15) is 24.9 Å². The van der Waals surface area contributed by atoms with E-state index in [0.29, 0.717) is 15.6 Å². The van der Waals surface area contributed by atoms with Gasteiger partial charge >= 0.3 is 6.18 Å². The Morgan fingerprint density at radius 3 is 2.15 bits per heavy atom. The number of rotatable bonds is 10. The zero-order valence-electron chi connectivity index (χ0n) is 21.4. The van der Waals surface area contributed by atoms with Crippen LogP contribution in [0.2, 0.25) is 10.0 Å². The molecule has 3 atom stereocenters. The van der Waals surface area contributed by atoms with Crippen LogP contribution in [-0.2, 0) is 14.4 Å². The average Bonchev–Trinajstić information content (AvgIpc) is 2.90. The van der Waals surface area contributed by atoms with Crippen molar-refractivity contribution in [1.82, 2.24) is 15.5 Å². The van der Waals surface area contributed by atoms with Crippen molar-refractivity contribution in [3.05, 3.63) is 69.7 Å². The summed E-state index contributed by atoms with van der Waals surface area (Å²) < 4.78 is 39.6. The first-order valence-electron chi connectivity index (χ1n) is 12.4. The first kappa shape index (κ1) is 31.3. The second-order valence-electron chi connectivity index (χ2n) is 9.55. The van der Waals surface area contributed by atoms with Crippen molar-refractivity contribution < 1.29 is 27.6 Å². The molecule has 2 amide bonds. The van der Waals surface area contributed by atoms with Gasteiger partial charge in [0.2, 0.25) is 11.8 Å². The van der Waals surface area contributed by atoms with Crippen LogP contribution in [0.1, 0.15) is 43.5 Å². The van der Waals surface area contributed by atoms with Crippen LogP contribution in [0.15, 0.2) is 48.5 Å². The van der Waals surface area contributed by atoms with Crippen LogP contribution in [0, 0.1) is 5.92 Å². The van der Waals surface area contributed by atoms with Gasteiger partial charge in [0.25, 0.3) is 5.78 Å². The minimum atomic E-state index is -5.12. The number of Topliss-reactive ketones (excluding diaryl/α,β-unsaturated/α-hetero) is 1. The van der Waals surface area contributed by atoms with Gasteiger partial charge in [-0.15, -0.1) is 0 Å². The number of nitrogens with zero attached hydrogens (tertiary/aromatic N) is 1. The van der Waals surface area contributed by atoms with E-state index in [2.05, 4.69) is 15.5 Å². The lowest BCUT2D eigenvalue weighted by Gasteiger charge is -2.35. The van der Waals surface area contributed by atoms with Crippen molar-refractivity contribution in [2.45, 2.75) is 44.6 Å². The molecule has 1 saturated heterocycles. The van der Waals surface area contributed by atoms with E-state index in [1.165, 1.54) is 13.8 Å². The quantitative estimate of drug-likeness (QED) is 0.369. The van der Waals surface area contributed by atoms with Gasteiger partial charge in [-0.25, -0.2) is 0 Å². The number of nitrogens with one attached hydrogen (secondary N) is 2. The molecule has 0 radical (unpaired) electrons. The smallest absolute Gasteiger partial charge is 0.344 e. The van der Waals surface area contributed by atoms with E-state index in [-0.39, 0.29) is 12.5 Å². The van der Waals surface area contributed by atoms with Gasteiger partial charge in [-0.05, 0) is 29.2 Å². The molecule has 0 aliphatic carbocycles. The molecule has 1 heterocycles. The first-order valence-corrected chi connectivity index (χ1v) is 14.3. The van der Waals surface area contributed by atoms with Gasteiger partial charge in [-0.1, -0.05) is 73.4 Å². The highest BCUT2D eigenvalue weighted by Gasteiger charge is 2.45. The van der Waals surface area contributed by atoms with E-state index < -0.39 is 41.8 Å². The maximum absolute atomic E-state index is 13.4. The zero-order valence-corrected chi connectivity index (χ0v) is 23.8. The Labute approximate surface area is 240 Å². The monoisotopic (exact) mass is 603 g/mol. The molecule has 6 nitrogen and oxygen atoms in total. The zero-order chi connectivity index (χ0) is 28.7. The summed E-state index contributed by atoms with van der Waals surface area (Å²) in [5, 5.41) is 5.64. The number of carbonyl (C=O) groups is 3. The molecule has 2 aromatic carbocycles. The minimum absolute atomic E-state index is 0.0334. The molecule has 12 heteroatoms. The van der Waals surface area contributed by atoms with Crippen molar-refractivity contribution in [3.63, 3.8) is 0 Å². The summed E-state index contributed by atoms with van der Waals surface area (Å²) in [4.78, 5) is 40.8. The lowest BCUT2D eigenvalue weighted by atomic mass is 9.97. The predicted octanol–water partition coefficient (Wildman–Crippen LogP) is 5.60. The summed E-state index contributed by atoms with van der Waals surface area (Å²) in [7, 11) is 0. The number of hydrogen-bond donors (Lipinski definition) is 2. The van der Waals surface area contributed by atoms with Crippen molar-refractivity contribution in [1.29, 1.82) is 0 Å². The number of amides is 2. The Balaban J connectivity index is 1.86. The van der Waals surface area contributed by atoms with Crippen molar-refractivity contribution in [3.8, 4) is 0 Å². The fourth-order valence-electron chi connectivity index (χ4n) is 4.36. The Hall–Kier alpha value is -2.27. The predicted molar refractivity (Wildman–Crippen MR) is 148 cm³/mol. The van der Waals surface area contributed by atoms with Crippen molar-refractivity contribution in [2.24, 2.45) is 5.92 Å². The topological polar surface area (TPSA) is 78.5 Å². The molecule has 0 saturated carbocycles. The molecule has 0 spiro atoms. The molecule has 0 aromatic heterocycles. The van der Waals surface area contributed by atoms with Gasteiger partial charge in [0, 0.05) is 37.1 Å². The molecule has 0 bridgehead atoms. The third-order valence-electron chi connectivity index (χ3n) is 6.42. The van der Waals surface area contributed by atoms with Crippen LogP contribution in [0.3, 0.4) is 0 Å². The molecule has 2 unspecified atom stereocenters. The highest BCUT2D eigenvalue weighted by atomic mass is 35.5. The number of hydrogen-bond acceptors (Lipinski definition) is 5. The van der Waals surface area contributed by atoms with E-state index in [0.717, 1.165) is 30.2 Å². The molecule has 39 heavy (non-hydrogen) atoms. The van der Waals surface area contributed by atoms with Gasteiger partial charge in [0.05, 0.1) is 16.1 Å². The molecule has 1 aliphatic heterocycles. The highest BCUT2D eigenvalue weighted by molar-refractivity contribution is 7.99. The van der Waals surface area contributed by atoms with Crippen molar-refractivity contribution in [2.75, 3.05) is 24.6 Å². The van der Waals surface area contributed by atoms with Crippen LogP contribution < -0.4 is 10.6 Å². The maximum atomic E-state index is 13.4. The summed E-state index contributed by atoms with van der Waals surface area (Å²) in [5.41, 5.74) is 1.15. The third kappa shape index (κ3) is 8.61. The number of halogens is 5. The van der Waals surface area contributed by atoms with Crippen LogP contribution in [0.5, 0.6) is 0 Å². The summed E-state index contributed by atoms with van der Waals surface area (Å²) in [5.74, 6) is -2.50. The van der Waals surface area contributed by atoms with E-state index >= 15 is 0 Å². The molecule has 212 valence electrons. The normalized spacial score (nSPS) is 16.8. The molecule has 2 aromatic rings. The molecular weight excluding hydrogens is 574 g/mol. The Bertz CT molecular complexity index is 1160. The number of alkyl halides is 3. The fraction of sp³-hybridized carbons (Fsp3) is 0.444. The van der Waals surface area contributed by atoms with E-state index in [4.69, 9.17) is 23.2 Å². The van der Waals surface area contributed by atoms with Crippen LogP contribution in [0.4, 0.5) is 13.2 Å². The molecule has 3 rings (SSSR count). The van der Waals surface area contributed by atoms with Crippen LogP contribution in [-0.4, -0.2) is 59.3 Å². The van der Waals surface area contributed by atoms with Crippen LogP contribution >= 0.6 is 35.0 Å². The van der Waals surface area contributed by atoms with E-state index in [1.54, 1.807) is 48.5 Å². The van der Waals surface area contributed by atoms with Gasteiger partial charge in [-0.3, -0.25) is 19.3 Å². The second kappa shape index (κ2) is 13.9. The largest absolute Gasteiger partial charge is 0.452 e. The summed E-state index contributed by atoms with van der Waals surface area (Å²) in [6.45, 7) is 4.29. The molecule has 1 aliphatic rings. The summed E-state index contributed by atoms with van der Waals surface area (Å²) in [6.07, 6.45) is -5.15. The lowest BCUT2D eigenvalue weighted by molar-refractivity contribution is -0.175. The van der Waals surface area contributed by atoms with Gasteiger partial charge in [0.1, 0.15) is 6.04 Å². The number of ketones is 1. The first-order chi connectivity index (χ1) is 18.4. The fourth-order valence-corrected chi connectivity index (χ4v) is 5.59. The standard InChI is InChI=1S/C27H30Cl2F3N3O3S/c1-16(2)23(25(37)27(30,31)32)34-26(38)24(17-6-4-3-5-7-17)33-22(36)15-21(35-10-12-39-13-11-35)18-8-9-19(28)20(29)14-18/h3-9,14,16,21,23-24H,10-13,15H2,1-2H3,(H,33,36)(H,34,38)/t21?,23-,24?/m0/s1. The minimum Gasteiger partial charge on any atom is -0.344 e. The van der Waals surface area contributed by atoms with Gasteiger partial charge in [0.15, 0.2) is 0 Å². The Kier molecular flexibility index (Phi) is 11.1. The van der Waals surface area contributed by atoms with E-state index in [9.17, 15) is 27.6 Å². The molecular formula is C27H30Cl2F3N3O3S. The molecule has 1 fully saturated rings. The van der Waals surface area contributed by atoms with Crippen LogP contribution in [0.25, 0.3) is 0 Å². The molecule has 2 N–H and O–H groups in total. The second-order valence-corrected chi connectivity index (χ2v) is 11.6. The Morgan fingerprint density at radius 2 is 1.59 bits per heavy atom. The van der Waals surface area contributed by atoms with Gasteiger partial charge < -0.3 is 10.6 Å². The van der Waals surface area contributed by atoms with Crippen molar-refractivity contribution >= 4 is 52.6 Å². The number of thioether (sulfide) groups is 1. The third-order valence-corrected chi connectivity index (χ3v) is 8.10. The Morgan fingerprint density at radius 1 is 0.949 bits per heavy atom. The summed E-state index contributed by atoms with van der Waals surface area (Å²) in [6, 6.07) is 9.85. The number of benzene rings is 2. The SMILES string of the molecule is CC(C)[C@H](NC(=O)C(NC(=O)CC(c1ccc(Cl)c(Cl)c1)N1CCSCC1)c1ccccc1)C(=O)C(F)(F)F. The average molecular weight is 605 g/mol. The number of carbonyl (C=O) groups excluding carboxylic acids is 3. The maximum Gasteiger partial charge on any atom is 0.452 e.